The number of nitrogens with one attached hydrogen (secondary N) is 1. The summed E-state index contributed by atoms with van der Waals surface area (Å²) in [6.45, 7) is 2.23. The summed E-state index contributed by atoms with van der Waals surface area (Å²) in [5, 5.41) is 15.1. The van der Waals surface area contributed by atoms with E-state index in [2.05, 4.69) is 34.6 Å². The second kappa shape index (κ2) is 8.74. The van der Waals surface area contributed by atoms with Crippen molar-refractivity contribution < 1.29 is 4.79 Å². The Bertz CT molecular complexity index is 960. The van der Waals surface area contributed by atoms with E-state index < -0.39 is 0 Å². The molecule has 1 aliphatic rings. The molecule has 3 aromatic rings. The Morgan fingerprint density at radius 2 is 1.71 bits per heavy atom. The Hall–Kier alpha value is -2.40. The van der Waals surface area contributed by atoms with E-state index >= 15 is 0 Å². The molecule has 1 aliphatic carbocycles. The first-order chi connectivity index (χ1) is 13.7. The van der Waals surface area contributed by atoms with Crippen LogP contribution in [0.25, 0.3) is 22.0 Å². The summed E-state index contributed by atoms with van der Waals surface area (Å²) in [6, 6.07) is 18.6. The number of benzene rings is 2. The summed E-state index contributed by atoms with van der Waals surface area (Å²) in [6.07, 6.45) is 4.78. The Morgan fingerprint density at radius 3 is 2.50 bits per heavy atom. The number of fused-ring (bicyclic) bond motifs is 1. The zero-order valence-electron chi connectivity index (χ0n) is 16.1. The van der Waals surface area contributed by atoms with Crippen LogP contribution >= 0.6 is 11.8 Å². The van der Waals surface area contributed by atoms with Gasteiger partial charge in [-0.05, 0) is 18.8 Å². The summed E-state index contributed by atoms with van der Waals surface area (Å²) in [5.41, 5.74) is 1.92. The van der Waals surface area contributed by atoms with E-state index in [4.69, 9.17) is 0 Å². The molecule has 0 bridgehead atoms. The Labute approximate surface area is 170 Å². The molecule has 2 atom stereocenters. The standard InChI is InChI=1S/C23H25N3OS/c1-16-9-5-8-14-20(16)24-21(27)15-28-23-19-13-7-6-12-18(19)22(25-26-23)17-10-3-2-4-11-17/h2-4,6-7,10-13,16,20H,5,8-9,14-15H2,1H3,(H,24,27)/t16-,20+/m0/s1. The number of carbonyl (C=O) groups excluding carboxylic acids is 1. The minimum absolute atomic E-state index is 0.0850. The van der Waals surface area contributed by atoms with Gasteiger partial charge in [-0.3, -0.25) is 4.79 Å². The van der Waals surface area contributed by atoms with Crippen molar-refractivity contribution in [3.05, 3.63) is 54.6 Å². The minimum Gasteiger partial charge on any atom is -0.352 e. The highest BCUT2D eigenvalue weighted by atomic mass is 32.2. The van der Waals surface area contributed by atoms with Crippen molar-refractivity contribution in [2.45, 2.75) is 43.7 Å². The number of carbonyl (C=O) groups is 1. The first kappa shape index (κ1) is 18.9. The van der Waals surface area contributed by atoms with Crippen LogP contribution in [0.5, 0.6) is 0 Å². The molecule has 2 aromatic carbocycles. The molecule has 0 saturated heterocycles. The van der Waals surface area contributed by atoms with E-state index in [1.165, 1.54) is 31.0 Å². The van der Waals surface area contributed by atoms with Crippen molar-refractivity contribution in [1.82, 2.24) is 15.5 Å². The maximum atomic E-state index is 12.5. The van der Waals surface area contributed by atoms with Crippen molar-refractivity contribution in [3.63, 3.8) is 0 Å². The van der Waals surface area contributed by atoms with Crippen LogP contribution in [0, 0.1) is 5.92 Å². The average Bonchev–Trinajstić information content (AvgIpc) is 2.74. The molecule has 1 amide bonds. The van der Waals surface area contributed by atoms with Gasteiger partial charge in [0.05, 0.1) is 5.75 Å². The zero-order valence-corrected chi connectivity index (χ0v) is 16.9. The highest BCUT2D eigenvalue weighted by Gasteiger charge is 2.23. The molecule has 1 heterocycles. The van der Waals surface area contributed by atoms with Crippen molar-refractivity contribution in [3.8, 4) is 11.3 Å². The fourth-order valence-corrected chi connectivity index (χ4v) is 4.69. The molecule has 1 fully saturated rings. The van der Waals surface area contributed by atoms with Gasteiger partial charge in [-0.2, -0.15) is 0 Å². The van der Waals surface area contributed by atoms with Crippen LogP contribution < -0.4 is 5.32 Å². The molecule has 0 unspecified atom stereocenters. The fraction of sp³-hybridized carbons (Fsp3) is 0.348. The molecular weight excluding hydrogens is 366 g/mol. The SMILES string of the molecule is C[C@H]1CCCC[C@H]1NC(=O)CSc1nnc(-c2ccccc2)c2ccccc12. The molecule has 4 nitrogen and oxygen atoms in total. The van der Waals surface area contributed by atoms with Crippen LogP contribution in [0.1, 0.15) is 32.6 Å². The fourth-order valence-electron chi connectivity index (χ4n) is 3.91. The lowest BCUT2D eigenvalue weighted by molar-refractivity contribution is -0.119. The van der Waals surface area contributed by atoms with E-state index in [9.17, 15) is 4.79 Å². The summed E-state index contributed by atoms with van der Waals surface area (Å²) in [4.78, 5) is 12.5. The third-order valence-corrected chi connectivity index (χ3v) is 6.48. The quantitative estimate of drug-likeness (QED) is 0.616. The van der Waals surface area contributed by atoms with E-state index in [0.717, 1.165) is 33.5 Å². The number of nitrogens with zero attached hydrogens (tertiary/aromatic N) is 2. The van der Waals surface area contributed by atoms with Crippen molar-refractivity contribution in [2.24, 2.45) is 5.92 Å². The number of hydrogen-bond acceptors (Lipinski definition) is 4. The monoisotopic (exact) mass is 391 g/mol. The number of hydrogen-bond donors (Lipinski definition) is 1. The van der Waals surface area contributed by atoms with Crippen LogP contribution in [0.4, 0.5) is 0 Å². The molecule has 144 valence electrons. The van der Waals surface area contributed by atoms with Crippen molar-refractivity contribution in [2.75, 3.05) is 5.75 Å². The Kier molecular flexibility index (Phi) is 5.91. The van der Waals surface area contributed by atoms with E-state index in [0.29, 0.717) is 17.7 Å². The van der Waals surface area contributed by atoms with Gasteiger partial charge in [-0.1, -0.05) is 86.1 Å². The maximum absolute atomic E-state index is 12.5. The van der Waals surface area contributed by atoms with Crippen LogP contribution in [0.15, 0.2) is 59.6 Å². The lowest BCUT2D eigenvalue weighted by Crippen LogP contribution is -2.41. The topological polar surface area (TPSA) is 54.9 Å². The number of aromatic nitrogens is 2. The number of rotatable bonds is 5. The highest BCUT2D eigenvalue weighted by molar-refractivity contribution is 8.00. The Morgan fingerprint density at radius 1 is 1.00 bits per heavy atom. The smallest absolute Gasteiger partial charge is 0.230 e. The third kappa shape index (κ3) is 4.20. The largest absolute Gasteiger partial charge is 0.352 e. The van der Waals surface area contributed by atoms with Gasteiger partial charge >= 0.3 is 0 Å². The Balaban J connectivity index is 1.51. The highest BCUT2D eigenvalue weighted by Crippen LogP contribution is 2.31. The van der Waals surface area contributed by atoms with Gasteiger partial charge in [-0.25, -0.2) is 0 Å². The van der Waals surface area contributed by atoms with Crippen LogP contribution in [0.2, 0.25) is 0 Å². The molecule has 1 saturated carbocycles. The lowest BCUT2D eigenvalue weighted by atomic mass is 9.86. The summed E-state index contributed by atoms with van der Waals surface area (Å²) in [7, 11) is 0. The molecule has 5 heteroatoms. The number of amides is 1. The molecule has 0 aliphatic heterocycles. The second-order valence-electron chi connectivity index (χ2n) is 7.49. The van der Waals surface area contributed by atoms with Crippen LogP contribution in [-0.2, 0) is 4.79 Å². The third-order valence-electron chi connectivity index (χ3n) is 5.50. The van der Waals surface area contributed by atoms with Crippen LogP contribution in [0.3, 0.4) is 0 Å². The summed E-state index contributed by atoms with van der Waals surface area (Å²) >= 11 is 1.47. The predicted octanol–water partition coefficient (Wildman–Crippen LogP) is 5.08. The first-order valence-electron chi connectivity index (χ1n) is 9.95. The molecule has 1 aromatic heterocycles. The van der Waals surface area contributed by atoms with Gasteiger partial charge in [0, 0.05) is 22.4 Å². The van der Waals surface area contributed by atoms with E-state index in [-0.39, 0.29) is 5.91 Å². The molecule has 4 rings (SSSR count). The van der Waals surface area contributed by atoms with Crippen molar-refractivity contribution in [1.29, 1.82) is 0 Å². The minimum atomic E-state index is 0.0850. The predicted molar refractivity (Wildman–Crippen MR) is 115 cm³/mol. The summed E-state index contributed by atoms with van der Waals surface area (Å²) in [5.74, 6) is 1.02. The van der Waals surface area contributed by atoms with Gasteiger partial charge in [0.15, 0.2) is 0 Å². The lowest BCUT2D eigenvalue weighted by Gasteiger charge is -2.29. The van der Waals surface area contributed by atoms with E-state index in [1.54, 1.807) is 0 Å². The first-order valence-corrected chi connectivity index (χ1v) is 10.9. The zero-order chi connectivity index (χ0) is 19.3. The summed E-state index contributed by atoms with van der Waals surface area (Å²) < 4.78 is 0. The van der Waals surface area contributed by atoms with Gasteiger partial charge in [-0.15, -0.1) is 10.2 Å². The normalized spacial score (nSPS) is 19.5. The molecule has 0 radical (unpaired) electrons. The molecule has 28 heavy (non-hydrogen) atoms. The molecule has 1 N–H and O–H groups in total. The molecule has 0 spiro atoms. The number of thioether (sulfide) groups is 1. The van der Waals surface area contributed by atoms with E-state index in [1.807, 2.05) is 42.5 Å². The second-order valence-corrected chi connectivity index (χ2v) is 8.45. The molecular formula is C23H25N3OS. The van der Waals surface area contributed by atoms with Crippen LogP contribution in [-0.4, -0.2) is 27.9 Å². The van der Waals surface area contributed by atoms with Gasteiger partial charge in [0.25, 0.3) is 0 Å². The van der Waals surface area contributed by atoms with Gasteiger partial charge in [0.2, 0.25) is 5.91 Å². The van der Waals surface area contributed by atoms with Crippen molar-refractivity contribution >= 4 is 28.4 Å². The maximum Gasteiger partial charge on any atom is 0.230 e. The van der Waals surface area contributed by atoms with Gasteiger partial charge in [0.1, 0.15) is 10.7 Å². The average molecular weight is 392 g/mol. The van der Waals surface area contributed by atoms with Gasteiger partial charge < -0.3 is 5.32 Å².